The van der Waals surface area contributed by atoms with Gasteiger partial charge >= 0.3 is 30.5 Å². The average molecular weight is 474 g/mol. The van der Waals surface area contributed by atoms with Gasteiger partial charge in [-0.15, -0.1) is 0 Å². The first-order valence-corrected chi connectivity index (χ1v) is 8.36. The van der Waals surface area contributed by atoms with Crippen LogP contribution in [0.4, 0.5) is 39.5 Å². The normalized spacial score (nSPS) is 12.4. The molecular formula is C19H11F9O4. The topological polar surface area (TPSA) is 52.6 Å². The number of aryl methyl sites for hydroxylation is 1. The van der Waals surface area contributed by atoms with Crippen LogP contribution in [-0.4, -0.2) is 11.9 Å². The Morgan fingerprint density at radius 2 is 1.12 bits per heavy atom. The monoisotopic (exact) mass is 474 g/mol. The lowest BCUT2D eigenvalue weighted by molar-refractivity contribution is -0.147. The third kappa shape index (κ3) is 6.37. The Balaban J connectivity index is 2.19. The fraction of sp³-hybridized carbons (Fsp3) is 0.263. The molecule has 174 valence electrons. The molecule has 4 nitrogen and oxygen atoms in total. The number of carbonyl (C=O) groups is 2. The van der Waals surface area contributed by atoms with Crippen LogP contribution in [0.3, 0.4) is 0 Å². The summed E-state index contributed by atoms with van der Waals surface area (Å²) in [6, 6.07) is 2.81. The Bertz CT molecular complexity index is 1020. The van der Waals surface area contributed by atoms with Crippen molar-refractivity contribution >= 4 is 11.9 Å². The molecule has 0 unspecified atom stereocenters. The van der Waals surface area contributed by atoms with Gasteiger partial charge in [-0.3, -0.25) is 9.59 Å². The van der Waals surface area contributed by atoms with Crippen molar-refractivity contribution < 1.29 is 58.6 Å². The molecule has 32 heavy (non-hydrogen) atoms. The van der Waals surface area contributed by atoms with Crippen LogP contribution in [0.25, 0.3) is 0 Å². The van der Waals surface area contributed by atoms with Crippen LogP contribution in [0.15, 0.2) is 36.4 Å². The summed E-state index contributed by atoms with van der Waals surface area (Å²) in [6.45, 7) is 1.33. The van der Waals surface area contributed by atoms with Gasteiger partial charge in [0.05, 0.1) is 16.7 Å². The van der Waals surface area contributed by atoms with Crippen LogP contribution in [0.1, 0.15) is 28.7 Å². The van der Waals surface area contributed by atoms with Gasteiger partial charge in [-0.25, -0.2) is 0 Å². The van der Waals surface area contributed by atoms with E-state index in [2.05, 4.69) is 9.47 Å². The third-order valence-electron chi connectivity index (χ3n) is 3.79. The summed E-state index contributed by atoms with van der Waals surface area (Å²) in [5, 5.41) is 0. The maximum Gasteiger partial charge on any atom is 0.420 e. The molecule has 13 heteroatoms. The summed E-state index contributed by atoms with van der Waals surface area (Å²) in [4.78, 5) is 23.6. The Morgan fingerprint density at radius 3 is 1.56 bits per heavy atom. The van der Waals surface area contributed by atoms with Crippen molar-refractivity contribution in [2.45, 2.75) is 31.9 Å². The zero-order chi connectivity index (χ0) is 24.5. The molecule has 0 aliphatic heterocycles. The Hall–Kier alpha value is -3.25. The molecule has 0 bridgehead atoms. The summed E-state index contributed by atoms with van der Waals surface area (Å²) in [6.07, 6.45) is -16.8. The largest absolute Gasteiger partial charge is 0.425 e. The maximum atomic E-state index is 13.0. The van der Waals surface area contributed by atoms with Gasteiger partial charge in [0.15, 0.2) is 0 Å². The molecule has 0 saturated heterocycles. The van der Waals surface area contributed by atoms with E-state index >= 15 is 0 Å². The van der Waals surface area contributed by atoms with Gasteiger partial charge in [0, 0.05) is 0 Å². The van der Waals surface area contributed by atoms with Crippen molar-refractivity contribution in [3.8, 4) is 11.5 Å². The molecule has 0 aromatic heterocycles. The van der Waals surface area contributed by atoms with Gasteiger partial charge in [-0.2, -0.15) is 39.5 Å². The van der Waals surface area contributed by atoms with Crippen molar-refractivity contribution in [3.05, 3.63) is 58.7 Å². The Labute approximate surface area is 173 Å². The van der Waals surface area contributed by atoms with E-state index in [4.69, 9.17) is 0 Å². The maximum absolute atomic E-state index is 13.0. The molecule has 2 aromatic carbocycles. The number of rotatable bonds is 4. The number of halogens is 9. The Morgan fingerprint density at radius 1 is 0.688 bits per heavy atom. The molecule has 2 aromatic rings. The molecule has 0 aliphatic rings. The molecule has 0 atom stereocenters. The van der Waals surface area contributed by atoms with Crippen LogP contribution in [0.5, 0.6) is 11.5 Å². The van der Waals surface area contributed by atoms with E-state index in [1.54, 1.807) is 0 Å². The van der Waals surface area contributed by atoms with Gasteiger partial charge in [-0.05, 0) is 37.3 Å². The first-order valence-electron chi connectivity index (χ1n) is 8.36. The number of benzene rings is 2. The quantitative estimate of drug-likeness (QED) is 0.238. The van der Waals surface area contributed by atoms with E-state index in [9.17, 15) is 49.1 Å². The molecule has 0 aliphatic carbocycles. The fourth-order valence-electron chi connectivity index (χ4n) is 2.41. The summed E-state index contributed by atoms with van der Waals surface area (Å²) < 4.78 is 125. The van der Waals surface area contributed by atoms with Crippen LogP contribution >= 0.6 is 0 Å². The molecule has 0 saturated carbocycles. The van der Waals surface area contributed by atoms with Crippen molar-refractivity contribution in [1.82, 2.24) is 0 Å². The second-order valence-electron chi connectivity index (χ2n) is 6.33. The van der Waals surface area contributed by atoms with Crippen molar-refractivity contribution in [2.75, 3.05) is 0 Å². The predicted octanol–water partition coefficient (Wildman–Crippen LogP) is 5.95. The predicted molar refractivity (Wildman–Crippen MR) is 88.5 cm³/mol. The number of hydrogen-bond donors (Lipinski definition) is 0. The second kappa shape index (κ2) is 8.71. The standard InChI is InChI=1S/C19H11F9O4/c1-9-2-4-13(11(6-9)18(23,24)25)31-15(29)8-16(30)32-14-5-3-10(17(20,21)22)7-12(14)19(26,27)28/h2-7H,8H2,1H3. The highest BCUT2D eigenvalue weighted by Gasteiger charge is 2.39. The van der Waals surface area contributed by atoms with Gasteiger partial charge in [0.25, 0.3) is 0 Å². The van der Waals surface area contributed by atoms with E-state index in [0.717, 1.165) is 6.07 Å². The second-order valence-corrected chi connectivity index (χ2v) is 6.33. The van der Waals surface area contributed by atoms with Crippen LogP contribution in [-0.2, 0) is 28.1 Å². The minimum absolute atomic E-state index is 0.179. The highest BCUT2D eigenvalue weighted by molar-refractivity contribution is 5.93. The first kappa shape index (κ1) is 25.0. The van der Waals surface area contributed by atoms with E-state index in [1.807, 2.05) is 0 Å². The zero-order valence-corrected chi connectivity index (χ0v) is 15.7. The van der Waals surface area contributed by atoms with Crippen LogP contribution < -0.4 is 9.47 Å². The number of alkyl halides is 9. The summed E-state index contributed by atoms with van der Waals surface area (Å²) >= 11 is 0. The number of carbonyl (C=O) groups excluding carboxylic acids is 2. The molecule has 0 fully saturated rings. The third-order valence-corrected chi connectivity index (χ3v) is 3.79. The van der Waals surface area contributed by atoms with E-state index in [-0.39, 0.29) is 23.8 Å². The SMILES string of the molecule is Cc1ccc(OC(=O)CC(=O)Oc2ccc(C(F)(F)F)cc2C(F)(F)F)c(C(F)(F)F)c1. The highest BCUT2D eigenvalue weighted by Crippen LogP contribution is 2.41. The molecular weight excluding hydrogens is 463 g/mol. The molecule has 0 spiro atoms. The van der Waals surface area contributed by atoms with Crippen LogP contribution in [0, 0.1) is 6.92 Å². The van der Waals surface area contributed by atoms with Crippen LogP contribution in [0.2, 0.25) is 0 Å². The summed E-state index contributed by atoms with van der Waals surface area (Å²) in [7, 11) is 0. The average Bonchev–Trinajstić information content (AvgIpc) is 2.60. The molecule has 0 heterocycles. The van der Waals surface area contributed by atoms with Gasteiger partial charge in [0.1, 0.15) is 17.9 Å². The molecule has 2 rings (SSSR count). The van der Waals surface area contributed by atoms with Gasteiger partial charge in [0.2, 0.25) is 0 Å². The minimum atomic E-state index is -5.35. The van der Waals surface area contributed by atoms with Crippen molar-refractivity contribution in [2.24, 2.45) is 0 Å². The lowest BCUT2D eigenvalue weighted by atomic mass is 10.1. The summed E-state index contributed by atoms with van der Waals surface area (Å²) in [5.41, 5.74) is -4.75. The first-order chi connectivity index (χ1) is 14.5. The lowest BCUT2D eigenvalue weighted by Gasteiger charge is -2.16. The molecule has 0 amide bonds. The summed E-state index contributed by atoms with van der Waals surface area (Å²) in [5.74, 6) is -5.56. The lowest BCUT2D eigenvalue weighted by Crippen LogP contribution is -2.21. The molecule has 0 radical (unpaired) electrons. The minimum Gasteiger partial charge on any atom is -0.425 e. The van der Waals surface area contributed by atoms with Gasteiger partial charge in [-0.1, -0.05) is 11.6 Å². The zero-order valence-electron chi connectivity index (χ0n) is 15.7. The van der Waals surface area contributed by atoms with Crippen molar-refractivity contribution in [3.63, 3.8) is 0 Å². The smallest absolute Gasteiger partial charge is 0.420 e. The number of ether oxygens (including phenoxy) is 2. The van der Waals surface area contributed by atoms with E-state index < -0.39 is 65.1 Å². The van der Waals surface area contributed by atoms with Crippen molar-refractivity contribution in [1.29, 1.82) is 0 Å². The Kier molecular flexibility index (Phi) is 6.81. The van der Waals surface area contributed by atoms with Gasteiger partial charge < -0.3 is 9.47 Å². The van der Waals surface area contributed by atoms with E-state index in [0.29, 0.717) is 6.07 Å². The fourth-order valence-corrected chi connectivity index (χ4v) is 2.41. The highest BCUT2D eigenvalue weighted by atomic mass is 19.4. The van der Waals surface area contributed by atoms with E-state index in [1.165, 1.54) is 13.0 Å². The number of esters is 2. The molecule has 0 N–H and O–H groups in total. The number of hydrogen-bond acceptors (Lipinski definition) is 4.